The molecule has 0 N–H and O–H groups in total. The third-order valence-corrected chi connectivity index (χ3v) is 20.1. The summed E-state index contributed by atoms with van der Waals surface area (Å²) in [5, 5.41) is 0. The van der Waals surface area contributed by atoms with Crippen molar-refractivity contribution < 1.29 is 39.5 Å². The van der Waals surface area contributed by atoms with Gasteiger partial charge in [0.05, 0.1) is 0 Å². The van der Waals surface area contributed by atoms with Gasteiger partial charge in [0, 0.05) is 0 Å². The SMILES string of the molecule is C[CH2][Sn]([CH2]C)([CH2]C)[C](F)(F)C(F)(F)C(F)(F)C(F)(F)F. The van der Waals surface area contributed by atoms with E-state index in [4.69, 9.17) is 0 Å². The fourth-order valence-corrected chi connectivity index (χ4v) is 12.6. The first-order valence-electron chi connectivity index (χ1n) is 5.88. The van der Waals surface area contributed by atoms with Gasteiger partial charge in [-0.3, -0.25) is 0 Å². The van der Waals surface area contributed by atoms with E-state index in [-0.39, 0.29) is 0 Å². The van der Waals surface area contributed by atoms with Crippen LogP contribution >= 0.6 is 0 Å². The Morgan fingerprint density at radius 3 is 1.10 bits per heavy atom. The molecule has 0 saturated heterocycles. The number of hydrogen-bond donors (Lipinski definition) is 0. The molecule has 0 fully saturated rings. The topological polar surface area (TPSA) is 0 Å². The fourth-order valence-electron chi connectivity index (χ4n) is 2.12. The molecule has 0 aromatic rings. The molecule has 0 unspecified atom stereocenters. The average molecular weight is 425 g/mol. The van der Waals surface area contributed by atoms with Gasteiger partial charge in [-0.05, 0) is 0 Å². The van der Waals surface area contributed by atoms with Crippen LogP contribution in [0.2, 0.25) is 13.3 Å². The summed E-state index contributed by atoms with van der Waals surface area (Å²) in [5.41, 5.74) is 0. The summed E-state index contributed by atoms with van der Waals surface area (Å²) in [6.45, 7) is 3.41. The second-order valence-corrected chi connectivity index (χ2v) is 19.7. The maximum absolute atomic E-state index is 13.9. The predicted octanol–water partition coefficient (Wildman–Crippen LogP) is 5.50. The van der Waals surface area contributed by atoms with Crippen molar-refractivity contribution >= 4 is 18.4 Å². The van der Waals surface area contributed by atoms with Crippen LogP contribution in [0.3, 0.4) is 0 Å². The van der Waals surface area contributed by atoms with Crippen molar-refractivity contribution in [1.29, 1.82) is 0 Å². The third-order valence-electron chi connectivity index (χ3n) is 3.84. The van der Waals surface area contributed by atoms with Crippen LogP contribution in [0.5, 0.6) is 0 Å². The maximum atomic E-state index is 13.9. The van der Waals surface area contributed by atoms with E-state index in [0.717, 1.165) is 20.8 Å². The Labute approximate surface area is 114 Å². The number of rotatable bonds is 6. The molecule has 122 valence electrons. The van der Waals surface area contributed by atoms with E-state index in [0.29, 0.717) is 0 Å². The van der Waals surface area contributed by atoms with Gasteiger partial charge in [-0.1, -0.05) is 0 Å². The Morgan fingerprint density at radius 2 is 0.900 bits per heavy atom. The van der Waals surface area contributed by atoms with Gasteiger partial charge < -0.3 is 0 Å². The first-order chi connectivity index (χ1) is 8.68. The zero-order valence-corrected chi connectivity index (χ0v) is 13.9. The second kappa shape index (κ2) is 5.75. The van der Waals surface area contributed by atoms with Gasteiger partial charge in [0.25, 0.3) is 0 Å². The molecule has 0 aromatic carbocycles. The van der Waals surface area contributed by atoms with Gasteiger partial charge in [-0.2, -0.15) is 0 Å². The van der Waals surface area contributed by atoms with Crippen molar-refractivity contribution in [2.75, 3.05) is 0 Å². The van der Waals surface area contributed by atoms with Gasteiger partial charge in [0.2, 0.25) is 0 Å². The molecule has 0 saturated carbocycles. The molecular weight excluding hydrogens is 410 g/mol. The number of hydrogen-bond acceptors (Lipinski definition) is 0. The van der Waals surface area contributed by atoms with Crippen LogP contribution < -0.4 is 0 Å². The standard InChI is InChI=1S/C4F9.3C2H5.Sn/c5-1(6)2(7,8)3(9,10)4(11,12)13;3*1-2;/h;3*1H2,2H3;. The van der Waals surface area contributed by atoms with Gasteiger partial charge in [0.15, 0.2) is 0 Å². The molecule has 10 heteroatoms. The van der Waals surface area contributed by atoms with E-state index >= 15 is 0 Å². The van der Waals surface area contributed by atoms with Gasteiger partial charge in [-0.25, -0.2) is 0 Å². The van der Waals surface area contributed by atoms with Crippen molar-refractivity contribution in [1.82, 2.24) is 0 Å². The zero-order chi connectivity index (χ0) is 16.6. The Morgan fingerprint density at radius 1 is 0.600 bits per heavy atom. The second-order valence-electron chi connectivity index (χ2n) is 4.56. The first-order valence-corrected chi connectivity index (χ1v) is 13.4. The van der Waals surface area contributed by atoms with Crippen LogP contribution in [0.1, 0.15) is 20.8 Å². The van der Waals surface area contributed by atoms with Crippen molar-refractivity contribution in [3.63, 3.8) is 0 Å². The van der Waals surface area contributed by atoms with Gasteiger partial charge in [0.1, 0.15) is 0 Å². The van der Waals surface area contributed by atoms with Crippen LogP contribution in [0, 0.1) is 0 Å². The Bertz CT molecular complexity index is 310. The molecule has 0 spiro atoms. The van der Waals surface area contributed by atoms with Crippen molar-refractivity contribution in [3.8, 4) is 0 Å². The number of halogens is 9. The van der Waals surface area contributed by atoms with Crippen LogP contribution in [-0.2, 0) is 0 Å². The van der Waals surface area contributed by atoms with Crippen molar-refractivity contribution in [3.05, 3.63) is 0 Å². The van der Waals surface area contributed by atoms with Crippen LogP contribution in [0.15, 0.2) is 0 Å². The minimum absolute atomic E-state index is 0.446. The summed E-state index contributed by atoms with van der Waals surface area (Å²) >= 11 is -5.20. The van der Waals surface area contributed by atoms with Crippen LogP contribution in [-0.4, -0.2) is 40.3 Å². The summed E-state index contributed by atoms with van der Waals surface area (Å²) in [6.07, 6.45) is -6.73. The third kappa shape index (κ3) is 2.62. The molecule has 0 rings (SSSR count). The first kappa shape index (κ1) is 20.2. The van der Waals surface area contributed by atoms with Crippen molar-refractivity contribution in [2.45, 2.75) is 56.0 Å². The fraction of sp³-hybridized carbons (Fsp3) is 1.00. The van der Waals surface area contributed by atoms with Crippen LogP contribution in [0.25, 0.3) is 0 Å². The van der Waals surface area contributed by atoms with Crippen molar-refractivity contribution in [2.24, 2.45) is 0 Å². The van der Waals surface area contributed by atoms with E-state index in [2.05, 4.69) is 0 Å². The van der Waals surface area contributed by atoms with Crippen LogP contribution in [0.4, 0.5) is 39.5 Å². The summed E-state index contributed by atoms with van der Waals surface area (Å²) in [5.74, 6) is -13.2. The normalized spacial score (nSPS) is 15.6. The van der Waals surface area contributed by atoms with E-state index in [1.807, 2.05) is 0 Å². The molecule has 0 radical (unpaired) electrons. The molecular formula is C10H15F9Sn. The molecule has 0 amide bonds. The summed E-state index contributed by atoms with van der Waals surface area (Å²) in [6, 6.07) is 0. The van der Waals surface area contributed by atoms with Gasteiger partial charge in [-0.15, -0.1) is 0 Å². The average Bonchev–Trinajstić information content (AvgIpc) is 2.29. The Kier molecular flexibility index (Phi) is 5.80. The Hall–Kier alpha value is 0.169. The van der Waals surface area contributed by atoms with E-state index < -0.39 is 53.6 Å². The zero-order valence-electron chi connectivity index (χ0n) is 11.0. The number of alkyl halides is 9. The summed E-state index contributed by atoms with van der Waals surface area (Å²) < 4.78 is 110. The monoisotopic (exact) mass is 426 g/mol. The quantitative estimate of drug-likeness (QED) is 0.390. The van der Waals surface area contributed by atoms with E-state index in [9.17, 15) is 39.5 Å². The predicted molar refractivity (Wildman–Crippen MR) is 58.1 cm³/mol. The molecule has 20 heavy (non-hydrogen) atoms. The molecule has 0 aliphatic rings. The van der Waals surface area contributed by atoms with E-state index in [1.165, 1.54) is 0 Å². The minimum atomic E-state index is -6.76. The van der Waals surface area contributed by atoms with Gasteiger partial charge >= 0.3 is 114 Å². The molecule has 0 heterocycles. The molecule has 0 aliphatic heterocycles. The molecule has 0 aliphatic carbocycles. The molecule has 0 nitrogen and oxygen atoms in total. The molecule has 0 bridgehead atoms. The Balaban J connectivity index is 6.04. The van der Waals surface area contributed by atoms with E-state index in [1.54, 1.807) is 0 Å². The summed E-state index contributed by atoms with van der Waals surface area (Å²) in [4.78, 5) is 0. The summed E-state index contributed by atoms with van der Waals surface area (Å²) in [7, 11) is 0. The molecule has 0 atom stereocenters. The molecule has 0 aromatic heterocycles.